The predicted molar refractivity (Wildman–Crippen MR) is 57.1 cm³/mol. The fourth-order valence-corrected chi connectivity index (χ4v) is 1.45. The monoisotopic (exact) mass is 199 g/mol. The van der Waals surface area contributed by atoms with E-state index in [9.17, 15) is 0 Å². The third kappa shape index (κ3) is 3.30. The Balaban J connectivity index is 2.35. The van der Waals surface area contributed by atoms with Gasteiger partial charge in [-0.05, 0) is 18.8 Å². The quantitative estimate of drug-likeness (QED) is 0.809. The van der Waals surface area contributed by atoms with Gasteiger partial charge in [-0.3, -0.25) is 0 Å². The van der Waals surface area contributed by atoms with E-state index in [2.05, 4.69) is 36.3 Å². The van der Waals surface area contributed by atoms with E-state index in [1.807, 2.05) is 6.92 Å². The van der Waals surface area contributed by atoms with Crippen LogP contribution in [-0.2, 0) is 0 Å². The minimum absolute atomic E-state index is 0.671. The van der Waals surface area contributed by atoms with E-state index in [0.717, 1.165) is 16.7 Å². The lowest BCUT2D eigenvalue weighted by atomic mass is 9.98. The van der Waals surface area contributed by atoms with Crippen molar-refractivity contribution in [1.82, 2.24) is 10.2 Å². The van der Waals surface area contributed by atoms with E-state index >= 15 is 0 Å². The molecule has 4 heteroatoms. The molecule has 3 nitrogen and oxygen atoms in total. The van der Waals surface area contributed by atoms with Gasteiger partial charge in [0.1, 0.15) is 5.01 Å². The first kappa shape index (κ1) is 10.4. The zero-order valence-corrected chi connectivity index (χ0v) is 9.48. The average molecular weight is 199 g/mol. The second kappa shape index (κ2) is 4.56. The van der Waals surface area contributed by atoms with E-state index in [1.165, 1.54) is 0 Å². The number of rotatable bonds is 4. The highest BCUT2D eigenvalue weighted by Crippen LogP contribution is 2.16. The molecule has 0 aliphatic rings. The third-order valence-electron chi connectivity index (χ3n) is 2.24. The van der Waals surface area contributed by atoms with Gasteiger partial charge in [-0.2, -0.15) is 0 Å². The SMILES string of the molecule is Cc1nnc(NCC(C)C(C)C)s1. The van der Waals surface area contributed by atoms with Crippen molar-refractivity contribution in [3.05, 3.63) is 5.01 Å². The average Bonchev–Trinajstić information content (AvgIpc) is 2.47. The van der Waals surface area contributed by atoms with Gasteiger partial charge < -0.3 is 5.32 Å². The Morgan fingerprint density at radius 1 is 1.31 bits per heavy atom. The number of aromatic nitrogens is 2. The number of nitrogens with one attached hydrogen (secondary N) is 1. The van der Waals surface area contributed by atoms with Crippen LogP contribution in [0.1, 0.15) is 25.8 Å². The van der Waals surface area contributed by atoms with Crippen molar-refractivity contribution in [2.45, 2.75) is 27.7 Å². The normalized spacial score (nSPS) is 13.3. The van der Waals surface area contributed by atoms with Crippen molar-refractivity contribution in [1.29, 1.82) is 0 Å². The van der Waals surface area contributed by atoms with E-state index in [4.69, 9.17) is 0 Å². The highest BCUT2D eigenvalue weighted by Gasteiger charge is 2.07. The van der Waals surface area contributed by atoms with Gasteiger partial charge in [-0.25, -0.2) is 0 Å². The molecule has 13 heavy (non-hydrogen) atoms. The van der Waals surface area contributed by atoms with Crippen LogP contribution in [0.5, 0.6) is 0 Å². The molecule has 0 saturated heterocycles. The smallest absolute Gasteiger partial charge is 0.205 e. The van der Waals surface area contributed by atoms with Crippen molar-refractivity contribution in [3.63, 3.8) is 0 Å². The molecule has 0 aliphatic heterocycles. The summed E-state index contributed by atoms with van der Waals surface area (Å²) in [5.41, 5.74) is 0. The van der Waals surface area contributed by atoms with Crippen LogP contribution in [-0.4, -0.2) is 16.7 Å². The van der Waals surface area contributed by atoms with Gasteiger partial charge >= 0.3 is 0 Å². The molecule has 74 valence electrons. The summed E-state index contributed by atoms with van der Waals surface area (Å²) in [5.74, 6) is 1.38. The lowest BCUT2D eigenvalue weighted by molar-refractivity contribution is 0.439. The van der Waals surface area contributed by atoms with Crippen molar-refractivity contribution >= 4 is 16.5 Å². The Bertz CT molecular complexity index is 257. The van der Waals surface area contributed by atoms with Crippen LogP contribution in [0.15, 0.2) is 0 Å². The Morgan fingerprint density at radius 2 is 2.00 bits per heavy atom. The fraction of sp³-hybridized carbons (Fsp3) is 0.778. The van der Waals surface area contributed by atoms with Crippen LogP contribution in [0.2, 0.25) is 0 Å². The number of nitrogens with zero attached hydrogens (tertiary/aromatic N) is 2. The second-order valence-electron chi connectivity index (χ2n) is 3.73. The maximum absolute atomic E-state index is 4.00. The number of hydrogen-bond donors (Lipinski definition) is 1. The number of aryl methyl sites for hydroxylation is 1. The van der Waals surface area contributed by atoms with Crippen LogP contribution >= 0.6 is 11.3 Å². The standard InChI is InChI=1S/C9H17N3S/c1-6(2)7(3)5-10-9-12-11-8(4)13-9/h6-7H,5H2,1-4H3,(H,10,12). The summed E-state index contributed by atoms with van der Waals surface area (Å²) in [6, 6.07) is 0. The van der Waals surface area contributed by atoms with E-state index in [1.54, 1.807) is 11.3 Å². The van der Waals surface area contributed by atoms with Gasteiger partial charge in [0.05, 0.1) is 0 Å². The minimum atomic E-state index is 0.671. The van der Waals surface area contributed by atoms with Gasteiger partial charge in [-0.15, -0.1) is 10.2 Å². The first-order valence-corrected chi connectivity index (χ1v) is 5.45. The molecule has 0 fully saturated rings. The molecule has 0 spiro atoms. The van der Waals surface area contributed by atoms with Crippen molar-refractivity contribution in [2.75, 3.05) is 11.9 Å². The lowest BCUT2D eigenvalue weighted by Gasteiger charge is -2.14. The molecule has 0 saturated carbocycles. The third-order valence-corrected chi connectivity index (χ3v) is 3.04. The van der Waals surface area contributed by atoms with Gasteiger partial charge in [0.15, 0.2) is 0 Å². The van der Waals surface area contributed by atoms with Crippen LogP contribution in [0.4, 0.5) is 5.13 Å². The van der Waals surface area contributed by atoms with Gasteiger partial charge in [0.2, 0.25) is 5.13 Å². The highest BCUT2D eigenvalue weighted by atomic mass is 32.1. The molecule has 0 amide bonds. The second-order valence-corrected chi connectivity index (χ2v) is 4.91. The molecule has 1 aromatic heterocycles. The Hall–Kier alpha value is -0.640. The molecule has 1 rings (SSSR count). The molecule has 1 aromatic rings. The van der Waals surface area contributed by atoms with Crippen molar-refractivity contribution < 1.29 is 0 Å². The first-order valence-electron chi connectivity index (χ1n) is 4.63. The zero-order valence-electron chi connectivity index (χ0n) is 8.66. The molecule has 0 aliphatic carbocycles. The van der Waals surface area contributed by atoms with E-state index in [-0.39, 0.29) is 0 Å². The molecule has 0 aromatic carbocycles. The molecule has 1 atom stereocenters. The topological polar surface area (TPSA) is 37.8 Å². The van der Waals surface area contributed by atoms with Gasteiger partial charge in [0, 0.05) is 6.54 Å². The van der Waals surface area contributed by atoms with Gasteiger partial charge in [-0.1, -0.05) is 32.1 Å². The summed E-state index contributed by atoms with van der Waals surface area (Å²) in [6.45, 7) is 9.65. The summed E-state index contributed by atoms with van der Waals surface area (Å²) >= 11 is 1.61. The van der Waals surface area contributed by atoms with E-state index < -0.39 is 0 Å². The zero-order chi connectivity index (χ0) is 9.84. The highest BCUT2D eigenvalue weighted by molar-refractivity contribution is 7.15. The van der Waals surface area contributed by atoms with Crippen LogP contribution in [0.25, 0.3) is 0 Å². The summed E-state index contributed by atoms with van der Waals surface area (Å²) in [6.07, 6.45) is 0. The van der Waals surface area contributed by atoms with Crippen LogP contribution < -0.4 is 5.32 Å². The van der Waals surface area contributed by atoms with Crippen molar-refractivity contribution in [3.8, 4) is 0 Å². The summed E-state index contributed by atoms with van der Waals surface area (Å²) < 4.78 is 0. The summed E-state index contributed by atoms with van der Waals surface area (Å²) in [5, 5.41) is 13.2. The van der Waals surface area contributed by atoms with Gasteiger partial charge in [0.25, 0.3) is 0 Å². The van der Waals surface area contributed by atoms with Crippen LogP contribution in [0, 0.1) is 18.8 Å². The lowest BCUT2D eigenvalue weighted by Crippen LogP contribution is -2.16. The molecule has 0 radical (unpaired) electrons. The maximum Gasteiger partial charge on any atom is 0.205 e. The minimum Gasteiger partial charge on any atom is -0.360 e. The molecule has 1 unspecified atom stereocenters. The van der Waals surface area contributed by atoms with Crippen LogP contribution in [0.3, 0.4) is 0 Å². The largest absolute Gasteiger partial charge is 0.360 e. The van der Waals surface area contributed by atoms with E-state index in [0.29, 0.717) is 11.8 Å². The first-order chi connectivity index (χ1) is 6.09. The maximum atomic E-state index is 4.00. The van der Waals surface area contributed by atoms with Crippen molar-refractivity contribution in [2.24, 2.45) is 11.8 Å². The summed E-state index contributed by atoms with van der Waals surface area (Å²) in [4.78, 5) is 0. The number of hydrogen-bond acceptors (Lipinski definition) is 4. The Kier molecular flexibility index (Phi) is 3.66. The number of anilines is 1. The molecular weight excluding hydrogens is 182 g/mol. The summed E-state index contributed by atoms with van der Waals surface area (Å²) in [7, 11) is 0. The Morgan fingerprint density at radius 3 is 2.46 bits per heavy atom. The predicted octanol–water partition coefficient (Wildman–Crippen LogP) is 2.55. The fourth-order valence-electron chi connectivity index (χ4n) is 0.852. The molecule has 1 N–H and O–H groups in total. The molecule has 1 heterocycles. The molecule has 0 bridgehead atoms. The Labute approximate surface area is 83.6 Å². The molecular formula is C9H17N3S.